The van der Waals surface area contributed by atoms with Crippen LogP contribution in [-0.2, 0) is 4.74 Å². The van der Waals surface area contributed by atoms with Crippen molar-refractivity contribution < 1.29 is 4.74 Å². The summed E-state index contributed by atoms with van der Waals surface area (Å²) in [6, 6.07) is 7.94. The lowest BCUT2D eigenvalue weighted by Gasteiger charge is -2.10. The Balaban J connectivity index is 2.08. The number of hydrogen-bond donors (Lipinski definition) is 1. The maximum atomic E-state index is 5.86. The molecule has 1 aromatic heterocycles. The second-order valence-electron chi connectivity index (χ2n) is 4.05. The molecule has 1 heterocycles. The van der Waals surface area contributed by atoms with Gasteiger partial charge in [0, 0.05) is 29.1 Å². The topological polar surface area (TPSA) is 34.1 Å². The van der Waals surface area contributed by atoms with Crippen LogP contribution in [-0.4, -0.2) is 24.7 Å². The van der Waals surface area contributed by atoms with E-state index in [4.69, 9.17) is 16.3 Å². The van der Waals surface area contributed by atoms with E-state index in [-0.39, 0.29) is 6.04 Å². The molecule has 0 aliphatic carbocycles. The standard InChI is InChI=1S/C13H15ClN2OS/c1-9(7-17-2)15-13-16-12(8-18-13)10-3-5-11(14)6-4-10/h3-6,8-9H,7H2,1-2H3,(H,15,16)/t9-/m0/s1. The van der Waals surface area contributed by atoms with Crippen LogP contribution in [0.5, 0.6) is 0 Å². The van der Waals surface area contributed by atoms with Crippen molar-refractivity contribution in [3.05, 3.63) is 34.7 Å². The third kappa shape index (κ3) is 3.45. The summed E-state index contributed by atoms with van der Waals surface area (Å²) in [6.07, 6.45) is 0. The number of thiazole rings is 1. The summed E-state index contributed by atoms with van der Waals surface area (Å²) < 4.78 is 5.08. The van der Waals surface area contributed by atoms with E-state index >= 15 is 0 Å². The molecule has 0 spiro atoms. The Hall–Kier alpha value is -1.10. The molecule has 0 fully saturated rings. The average molecular weight is 283 g/mol. The molecule has 1 atom stereocenters. The second kappa shape index (κ2) is 6.18. The molecule has 96 valence electrons. The Morgan fingerprint density at radius 1 is 1.39 bits per heavy atom. The van der Waals surface area contributed by atoms with Gasteiger partial charge in [-0.15, -0.1) is 11.3 Å². The predicted molar refractivity (Wildman–Crippen MR) is 77.5 cm³/mol. The number of anilines is 1. The van der Waals surface area contributed by atoms with Crippen molar-refractivity contribution in [3.8, 4) is 11.3 Å². The SMILES string of the molecule is COC[C@H](C)Nc1nc(-c2ccc(Cl)cc2)cs1. The lowest BCUT2D eigenvalue weighted by Crippen LogP contribution is -2.20. The zero-order valence-corrected chi connectivity index (χ0v) is 11.9. The number of aromatic nitrogens is 1. The van der Waals surface area contributed by atoms with Gasteiger partial charge in [-0.05, 0) is 19.1 Å². The summed E-state index contributed by atoms with van der Waals surface area (Å²) in [5.74, 6) is 0. The van der Waals surface area contributed by atoms with E-state index in [9.17, 15) is 0 Å². The van der Waals surface area contributed by atoms with Crippen LogP contribution >= 0.6 is 22.9 Å². The van der Waals surface area contributed by atoms with E-state index in [2.05, 4.69) is 17.2 Å². The van der Waals surface area contributed by atoms with Crippen molar-refractivity contribution in [3.63, 3.8) is 0 Å². The molecule has 0 aliphatic heterocycles. The Morgan fingerprint density at radius 3 is 2.78 bits per heavy atom. The van der Waals surface area contributed by atoms with E-state index < -0.39 is 0 Å². The molecule has 1 N–H and O–H groups in total. The average Bonchev–Trinajstić information content (AvgIpc) is 2.78. The first-order valence-electron chi connectivity index (χ1n) is 5.66. The quantitative estimate of drug-likeness (QED) is 0.903. The molecule has 0 unspecified atom stereocenters. The van der Waals surface area contributed by atoms with Gasteiger partial charge in [-0.2, -0.15) is 0 Å². The zero-order chi connectivity index (χ0) is 13.0. The van der Waals surface area contributed by atoms with Crippen LogP contribution in [0, 0.1) is 0 Å². The normalized spacial score (nSPS) is 12.4. The molecule has 0 aliphatic rings. The molecule has 0 bridgehead atoms. The number of nitrogens with one attached hydrogen (secondary N) is 1. The van der Waals surface area contributed by atoms with Gasteiger partial charge in [-0.3, -0.25) is 0 Å². The highest BCUT2D eigenvalue weighted by Crippen LogP contribution is 2.26. The van der Waals surface area contributed by atoms with Crippen LogP contribution in [0.3, 0.4) is 0 Å². The van der Waals surface area contributed by atoms with Gasteiger partial charge in [0.25, 0.3) is 0 Å². The van der Waals surface area contributed by atoms with E-state index in [0.717, 1.165) is 21.4 Å². The lowest BCUT2D eigenvalue weighted by molar-refractivity contribution is 0.190. The summed E-state index contributed by atoms with van der Waals surface area (Å²) in [5, 5.41) is 6.98. The zero-order valence-electron chi connectivity index (χ0n) is 10.3. The van der Waals surface area contributed by atoms with Gasteiger partial charge in [0.2, 0.25) is 0 Å². The van der Waals surface area contributed by atoms with Gasteiger partial charge in [0.15, 0.2) is 5.13 Å². The van der Waals surface area contributed by atoms with Crippen LogP contribution in [0.4, 0.5) is 5.13 Å². The van der Waals surface area contributed by atoms with Crippen LogP contribution < -0.4 is 5.32 Å². The number of ether oxygens (including phenoxy) is 1. The minimum Gasteiger partial charge on any atom is -0.383 e. The van der Waals surface area contributed by atoms with Crippen LogP contribution in [0.1, 0.15) is 6.92 Å². The van der Waals surface area contributed by atoms with Crippen molar-refractivity contribution in [1.29, 1.82) is 0 Å². The number of rotatable bonds is 5. The van der Waals surface area contributed by atoms with Gasteiger partial charge in [-0.1, -0.05) is 23.7 Å². The summed E-state index contributed by atoms with van der Waals surface area (Å²) in [5.41, 5.74) is 2.03. The van der Waals surface area contributed by atoms with E-state index in [1.807, 2.05) is 29.6 Å². The van der Waals surface area contributed by atoms with Crippen molar-refractivity contribution in [2.45, 2.75) is 13.0 Å². The van der Waals surface area contributed by atoms with E-state index in [1.165, 1.54) is 0 Å². The van der Waals surface area contributed by atoms with Crippen molar-refractivity contribution >= 4 is 28.1 Å². The number of halogens is 1. The van der Waals surface area contributed by atoms with E-state index in [1.54, 1.807) is 18.4 Å². The Bertz CT molecular complexity index is 498. The van der Waals surface area contributed by atoms with Gasteiger partial charge < -0.3 is 10.1 Å². The predicted octanol–water partition coefficient (Wildman–Crippen LogP) is 3.91. The van der Waals surface area contributed by atoms with Gasteiger partial charge in [0.05, 0.1) is 12.3 Å². The number of hydrogen-bond acceptors (Lipinski definition) is 4. The number of methoxy groups -OCH3 is 1. The van der Waals surface area contributed by atoms with Gasteiger partial charge in [-0.25, -0.2) is 4.98 Å². The van der Waals surface area contributed by atoms with Gasteiger partial charge >= 0.3 is 0 Å². The Morgan fingerprint density at radius 2 is 2.11 bits per heavy atom. The van der Waals surface area contributed by atoms with Crippen molar-refractivity contribution in [1.82, 2.24) is 4.98 Å². The van der Waals surface area contributed by atoms with Gasteiger partial charge in [0.1, 0.15) is 0 Å². The highest BCUT2D eigenvalue weighted by Gasteiger charge is 2.07. The summed E-state index contributed by atoms with van der Waals surface area (Å²) in [4.78, 5) is 4.54. The molecule has 0 saturated carbocycles. The number of nitrogens with zero attached hydrogens (tertiary/aromatic N) is 1. The molecule has 0 saturated heterocycles. The molecule has 0 amide bonds. The fourth-order valence-corrected chi connectivity index (χ4v) is 2.55. The first kappa shape index (κ1) is 13.3. The summed E-state index contributed by atoms with van der Waals surface area (Å²) in [6.45, 7) is 2.72. The lowest BCUT2D eigenvalue weighted by atomic mass is 10.2. The van der Waals surface area contributed by atoms with Crippen molar-refractivity contribution in [2.75, 3.05) is 19.0 Å². The highest BCUT2D eigenvalue weighted by molar-refractivity contribution is 7.14. The first-order chi connectivity index (χ1) is 8.69. The molecule has 18 heavy (non-hydrogen) atoms. The Kier molecular flexibility index (Phi) is 4.58. The molecule has 3 nitrogen and oxygen atoms in total. The molecule has 2 aromatic rings. The molecular weight excluding hydrogens is 268 g/mol. The molecule has 0 radical (unpaired) electrons. The minimum atomic E-state index is 0.249. The highest BCUT2D eigenvalue weighted by atomic mass is 35.5. The maximum absolute atomic E-state index is 5.86. The first-order valence-corrected chi connectivity index (χ1v) is 6.91. The number of benzene rings is 1. The Labute approximate surface area is 116 Å². The second-order valence-corrected chi connectivity index (χ2v) is 5.34. The monoisotopic (exact) mass is 282 g/mol. The largest absolute Gasteiger partial charge is 0.383 e. The van der Waals surface area contributed by atoms with E-state index in [0.29, 0.717) is 6.61 Å². The summed E-state index contributed by atoms with van der Waals surface area (Å²) >= 11 is 7.46. The smallest absolute Gasteiger partial charge is 0.183 e. The molecule has 1 aromatic carbocycles. The van der Waals surface area contributed by atoms with Crippen LogP contribution in [0.15, 0.2) is 29.6 Å². The minimum absolute atomic E-state index is 0.249. The summed E-state index contributed by atoms with van der Waals surface area (Å²) in [7, 11) is 1.69. The van der Waals surface area contributed by atoms with Crippen molar-refractivity contribution in [2.24, 2.45) is 0 Å². The molecular formula is C13H15ClN2OS. The molecule has 5 heteroatoms. The van der Waals surface area contributed by atoms with Crippen LogP contribution in [0.25, 0.3) is 11.3 Å². The molecule has 2 rings (SSSR count). The third-order valence-electron chi connectivity index (χ3n) is 2.43. The fourth-order valence-electron chi connectivity index (χ4n) is 1.60. The fraction of sp³-hybridized carbons (Fsp3) is 0.308. The third-order valence-corrected chi connectivity index (χ3v) is 3.46. The van der Waals surface area contributed by atoms with Crippen LogP contribution in [0.2, 0.25) is 5.02 Å². The maximum Gasteiger partial charge on any atom is 0.183 e.